The predicted octanol–water partition coefficient (Wildman–Crippen LogP) is 4.65. The zero-order valence-electron chi connectivity index (χ0n) is 11.8. The van der Waals surface area contributed by atoms with Gasteiger partial charge in [0.1, 0.15) is 3.70 Å². The first-order chi connectivity index (χ1) is 11.1. The highest BCUT2D eigenvalue weighted by Crippen LogP contribution is 2.29. The van der Waals surface area contributed by atoms with E-state index in [1.807, 2.05) is 24.3 Å². The number of nitrogens with zero attached hydrogens (tertiary/aromatic N) is 2. The van der Waals surface area contributed by atoms with Gasteiger partial charge in [-0.05, 0) is 65.1 Å². The molecule has 0 aliphatic heterocycles. The first-order valence-corrected chi connectivity index (χ1v) is 8.23. The maximum absolute atomic E-state index is 12.3. The lowest BCUT2D eigenvalue weighted by atomic mass is 10.1. The van der Waals surface area contributed by atoms with Gasteiger partial charge >= 0.3 is 0 Å². The van der Waals surface area contributed by atoms with Crippen LogP contribution in [0.4, 0.5) is 5.69 Å². The third-order valence-corrected chi connectivity index (χ3v) is 4.12. The van der Waals surface area contributed by atoms with Crippen molar-refractivity contribution in [2.24, 2.45) is 0 Å². The molecule has 0 atom stereocenters. The Hall–Kier alpha value is -1.99. The van der Waals surface area contributed by atoms with Crippen LogP contribution in [-0.4, -0.2) is 15.9 Å². The van der Waals surface area contributed by atoms with E-state index in [2.05, 4.69) is 37.9 Å². The minimum absolute atomic E-state index is 0.219. The van der Waals surface area contributed by atoms with Crippen LogP contribution in [0.25, 0.3) is 11.3 Å². The van der Waals surface area contributed by atoms with Gasteiger partial charge in [0.25, 0.3) is 5.91 Å². The second-order valence-corrected chi connectivity index (χ2v) is 6.25. The number of hydrogen-bond donors (Lipinski definition) is 1. The van der Waals surface area contributed by atoms with Crippen molar-refractivity contribution >= 4 is 45.8 Å². The van der Waals surface area contributed by atoms with Crippen LogP contribution >= 0.6 is 34.2 Å². The Labute approximate surface area is 152 Å². The van der Waals surface area contributed by atoms with Crippen LogP contribution in [0.3, 0.4) is 0 Å². The van der Waals surface area contributed by atoms with Crippen LogP contribution < -0.4 is 5.32 Å². The molecule has 0 spiro atoms. The van der Waals surface area contributed by atoms with Crippen LogP contribution in [-0.2, 0) is 0 Å². The molecule has 0 aliphatic carbocycles. The van der Waals surface area contributed by atoms with E-state index in [9.17, 15) is 4.79 Å². The molecule has 1 amide bonds. The quantitative estimate of drug-likeness (QED) is 0.481. The Morgan fingerprint density at radius 3 is 2.65 bits per heavy atom. The van der Waals surface area contributed by atoms with Crippen LogP contribution in [0.1, 0.15) is 10.4 Å². The molecular weight excluding hydrogens is 425 g/mol. The molecule has 0 bridgehead atoms. The van der Waals surface area contributed by atoms with E-state index < -0.39 is 0 Å². The Bertz CT molecular complexity index is 838. The lowest BCUT2D eigenvalue weighted by molar-refractivity contribution is 0.102. The monoisotopic (exact) mass is 435 g/mol. The number of carbonyl (C=O) groups excluding carboxylic acids is 1. The zero-order chi connectivity index (χ0) is 16.2. The molecule has 2 heterocycles. The van der Waals surface area contributed by atoms with Gasteiger partial charge in [-0.15, -0.1) is 0 Å². The third-order valence-electron chi connectivity index (χ3n) is 3.15. The standard InChI is InChI=1S/C17H11ClIN3O/c18-14-6-5-12(9-13(14)15-3-1-2-8-20-15)22-17(23)11-4-7-16(19)21-10-11/h1-10H,(H,22,23). The number of rotatable bonds is 3. The molecule has 0 radical (unpaired) electrons. The van der Waals surface area contributed by atoms with Gasteiger partial charge < -0.3 is 5.32 Å². The minimum atomic E-state index is -0.219. The van der Waals surface area contributed by atoms with Gasteiger partial charge in [0.2, 0.25) is 0 Å². The molecule has 0 saturated heterocycles. The van der Waals surface area contributed by atoms with Crippen LogP contribution in [0.2, 0.25) is 5.02 Å². The lowest BCUT2D eigenvalue weighted by Gasteiger charge is -2.09. The first kappa shape index (κ1) is 15.9. The van der Waals surface area contributed by atoms with Crippen molar-refractivity contribution < 1.29 is 4.79 Å². The highest BCUT2D eigenvalue weighted by molar-refractivity contribution is 14.1. The minimum Gasteiger partial charge on any atom is -0.322 e. The molecule has 114 valence electrons. The van der Waals surface area contributed by atoms with Gasteiger partial charge in [-0.25, -0.2) is 4.98 Å². The number of hydrogen-bond acceptors (Lipinski definition) is 3. The van der Waals surface area contributed by atoms with Gasteiger partial charge in [0.05, 0.1) is 16.3 Å². The molecule has 3 rings (SSSR count). The SMILES string of the molecule is O=C(Nc1ccc(Cl)c(-c2ccccn2)c1)c1ccc(I)nc1. The number of amides is 1. The summed E-state index contributed by atoms with van der Waals surface area (Å²) in [6.45, 7) is 0. The fourth-order valence-electron chi connectivity index (χ4n) is 2.03. The van der Waals surface area contributed by atoms with E-state index in [0.717, 1.165) is 15.0 Å². The Morgan fingerprint density at radius 1 is 1.09 bits per heavy atom. The van der Waals surface area contributed by atoms with E-state index in [4.69, 9.17) is 11.6 Å². The fourth-order valence-corrected chi connectivity index (χ4v) is 2.57. The summed E-state index contributed by atoms with van der Waals surface area (Å²) in [6, 6.07) is 14.4. The summed E-state index contributed by atoms with van der Waals surface area (Å²) in [5.41, 5.74) is 2.67. The Balaban J connectivity index is 1.86. The largest absolute Gasteiger partial charge is 0.322 e. The predicted molar refractivity (Wildman–Crippen MR) is 99.6 cm³/mol. The second-order valence-electron chi connectivity index (χ2n) is 4.73. The summed E-state index contributed by atoms with van der Waals surface area (Å²) in [7, 11) is 0. The Morgan fingerprint density at radius 2 is 1.96 bits per heavy atom. The molecule has 0 unspecified atom stereocenters. The molecule has 0 aliphatic rings. The molecular formula is C17H11ClIN3O. The average Bonchev–Trinajstić information content (AvgIpc) is 2.58. The van der Waals surface area contributed by atoms with Crippen molar-refractivity contribution in [3.05, 3.63) is 75.2 Å². The molecule has 3 aromatic rings. The normalized spacial score (nSPS) is 10.3. The number of nitrogens with one attached hydrogen (secondary N) is 1. The summed E-state index contributed by atoms with van der Waals surface area (Å²) < 4.78 is 0.836. The molecule has 23 heavy (non-hydrogen) atoms. The van der Waals surface area contributed by atoms with Gasteiger partial charge in [-0.3, -0.25) is 9.78 Å². The maximum Gasteiger partial charge on any atom is 0.257 e. The fraction of sp³-hybridized carbons (Fsp3) is 0. The summed E-state index contributed by atoms with van der Waals surface area (Å²) >= 11 is 8.33. The van der Waals surface area contributed by atoms with E-state index in [0.29, 0.717) is 16.3 Å². The molecule has 1 aromatic carbocycles. The lowest BCUT2D eigenvalue weighted by Crippen LogP contribution is -2.12. The van der Waals surface area contributed by atoms with Crippen molar-refractivity contribution in [3.8, 4) is 11.3 Å². The number of anilines is 1. The van der Waals surface area contributed by atoms with E-state index in [1.54, 1.807) is 36.7 Å². The topological polar surface area (TPSA) is 54.9 Å². The zero-order valence-corrected chi connectivity index (χ0v) is 14.7. The van der Waals surface area contributed by atoms with Crippen molar-refractivity contribution in [1.29, 1.82) is 0 Å². The smallest absolute Gasteiger partial charge is 0.257 e. The highest BCUT2D eigenvalue weighted by atomic mass is 127. The van der Waals surface area contributed by atoms with Gasteiger partial charge in [-0.2, -0.15) is 0 Å². The van der Waals surface area contributed by atoms with E-state index in [1.165, 1.54) is 0 Å². The summed E-state index contributed by atoms with van der Waals surface area (Å²) in [6.07, 6.45) is 3.25. The summed E-state index contributed by atoms with van der Waals surface area (Å²) in [4.78, 5) is 20.7. The summed E-state index contributed by atoms with van der Waals surface area (Å²) in [5.74, 6) is -0.219. The molecule has 1 N–H and O–H groups in total. The van der Waals surface area contributed by atoms with Crippen molar-refractivity contribution in [3.63, 3.8) is 0 Å². The summed E-state index contributed by atoms with van der Waals surface area (Å²) in [5, 5.41) is 3.43. The molecule has 2 aromatic heterocycles. The highest BCUT2D eigenvalue weighted by Gasteiger charge is 2.10. The van der Waals surface area contributed by atoms with Crippen molar-refractivity contribution in [2.75, 3.05) is 5.32 Å². The number of carbonyl (C=O) groups is 1. The number of benzene rings is 1. The molecule has 0 saturated carbocycles. The number of aromatic nitrogens is 2. The van der Waals surface area contributed by atoms with Crippen molar-refractivity contribution in [1.82, 2.24) is 9.97 Å². The van der Waals surface area contributed by atoms with Crippen molar-refractivity contribution in [2.45, 2.75) is 0 Å². The van der Waals surface area contributed by atoms with Gasteiger partial charge in [0.15, 0.2) is 0 Å². The van der Waals surface area contributed by atoms with Gasteiger partial charge in [0, 0.05) is 23.6 Å². The van der Waals surface area contributed by atoms with Gasteiger partial charge in [-0.1, -0.05) is 17.7 Å². The van der Waals surface area contributed by atoms with E-state index in [-0.39, 0.29) is 5.91 Å². The first-order valence-electron chi connectivity index (χ1n) is 6.77. The molecule has 4 nitrogen and oxygen atoms in total. The van der Waals surface area contributed by atoms with Crippen LogP contribution in [0.5, 0.6) is 0 Å². The average molecular weight is 436 g/mol. The number of pyridine rings is 2. The molecule has 0 fully saturated rings. The third kappa shape index (κ3) is 3.86. The second kappa shape index (κ2) is 7.06. The molecule has 6 heteroatoms. The maximum atomic E-state index is 12.3. The van der Waals surface area contributed by atoms with Crippen LogP contribution in [0, 0.1) is 3.70 Å². The van der Waals surface area contributed by atoms with E-state index >= 15 is 0 Å². The Kier molecular flexibility index (Phi) is 4.88. The van der Waals surface area contributed by atoms with Crippen LogP contribution in [0.15, 0.2) is 60.9 Å². The number of halogens is 2.